The Morgan fingerprint density at radius 1 is 1.08 bits per heavy atom. The van der Waals surface area contributed by atoms with Crippen molar-refractivity contribution >= 4 is 11.7 Å². The largest absolute Gasteiger partial charge is 0.356 e. The average Bonchev–Trinajstić information content (AvgIpc) is 3.10. The van der Waals surface area contributed by atoms with E-state index in [2.05, 4.69) is 15.3 Å². The van der Waals surface area contributed by atoms with Gasteiger partial charge in [0.15, 0.2) is 5.78 Å². The molecule has 0 saturated heterocycles. The third kappa shape index (κ3) is 3.55. The number of nitrogens with zero attached hydrogens (tertiary/aromatic N) is 1. The van der Waals surface area contributed by atoms with E-state index in [1.807, 2.05) is 0 Å². The van der Waals surface area contributed by atoms with E-state index in [-0.39, 0.29) is 22.9 Å². The van der Waals surface area contributed by atoms with Gasteiger partial charge in [-0.2, -0.15) is 0 Å². The standard InChI is InChI=1S/C18H14FN3O2/c19-15-3-1-2-13(8-15)17(23)14-9-16(21-11-14)18(24)22-10-12-4-6-20-7-5-12/h1-9,11,21H,10H2,(H,22,24). The van der Waals surface area contributed by atoms with Gasteiger partial charge in [0, 0.05) is 36.3 Å². The maximum absolute atomic E-state index is 13.2. The molecule has 2 aromatic heterocycles. The minimum atomic E-state index is -0.480. The van der Waals surface area contributed by atoms with Crippen molar-refractivity contribution in [3.05, 3.63) is 89.3 Å². The monoisotopic (exact) mass is 323 g/mol. The summed E-state index contributed by atoms with van der Waals surface area (Å²) in [5.41, 5.74) is 1.72. The van der Waals surface area contributed by atoms with Gasteiger partial charge in [-0.3, -0.25) is 14.6 Å². The van der Waals surface area contributed by atoms with Crippen LogP contribution in [0.5, 0.6) is 0 Å². The second-order valence-electron chi connectivity index (χ2n) is 5.18. The molecule has 120 valence electrons. The fourth-order valence-corrected chi connectivity index (χ4v) is 2.23. The number of nitrogens with one attached hydrogen (secondary N) is 2. The summed E-state index contributed by atoms with van der Waals surface area (Å²) in [4.78, 5) is 31.1. The topological polar surface area (TPSA) is 74.8 Å². The Labute approximate surface area is 137 Å². The number of H-pyrrole nitrogens is 1. The molecule has 2 N–H and O–H groups in total. The van der Waals surface area contributed by atoms with Crippen LogP contribution in [0, 0.1) is 5.82 Å². The number of aromatic amines is 1. The van der Waals surface area contributed by atoms with Gasteiger partial charge in [0.05, 0.1) is 0 Å². The Hall–Kier alpha value is -3.28. The molecule has 0 saturated carbocycles. The maximum Gasteiger partial charge on any atom is 0.267 e. The fourth-order valence-electron chi connectivity index (χ4n) is 2.23. The average molecular weight is 323 g/mol. The van der Waals surface area contributed by atoms with Crippen LogP contribution in [0.15, 0.2) is 61.1 Å². The van der Waals surface area contributed by atoms with Crippen LogP contribution in [0.4, 0.5) is 4.39 Å². The van der Waals surface area contributed by atoms with Crippen molar-refractivity contribution in [3.8, 4) is 0 Å². The van der Waals surface area contributed by atoms with Crippen LogP contribution in [0.3, 0.4) is 0 Å². The van der Waals surface area contributed by atoms with E-state index in [1.54, 1.807) is 24.5 Å². The number of ketones is 1. The van der Waals surface area contributed by atoms with Crippen molar-refractivity contribution in [2.75, 3.05) is 0 Å². The highest BCUT2D eigenvalue weighted by molar-refractivity contribution is 6.10. The van der Waals surface area contributed by atoms with Crippen LogP contribution in [-0.2, 0) is 6.54 Å². The zero-order valence-corrected chi connectivity index (χ0v) is 12.6. The number of pyridine rings is 1. The summed E-state index contributed by atoms with van der Waals surface area (Å²) in [7, 11) is 0. The lowest BCUT2D eigenvalue weighted by atomic mass is 10.1. The summed E-state index contributed by atoms with van der Waals surface area (Å²) in [5.74, 6) is -1.16. The molecule has 5 nitrogen and oxygen atoms in total. The van der Waals surface area contributed by atoms with Crippen molar-refractivity contribution in [2.45, 2.75) is 6.54 Å². The Morgan fingerprint density at radius 3 is 2.62 bits per heavy atom. The van der Waals surface area contributed by atoms with Crippen LogP contribution in [0.2, 0.25) is 0 Å². The van der Waals surface area contributed by atoms with E-state index in [0.717, 1.165) is 5.56 Å². The first-order valence-corrected chi connectivity index (χ1v) is 7.29. The molecule has 3 rings (SSSR count). The number of aromatic nitrogens is 2. The molecule has 0 aliphatic rings. The smallest absolute Gasteiger partial charge is 0.267 e. The molecule has 6 heteroatoms. The third-order valence-electron chi connectivity index (χ3n) is 3.48. The maximum atomic E-state index is 13.2. The molecule has 0 aliphatic carbocycles. The predicted octanol–water partition coefficient (Wildman–Crippen LogP) is 2.71. The van der Waals surface area contributed by atoms with Crippen molar-refractivity contribution in [2.24, 2.45) is 0 Å². The van der Waals surface area contributed by atoms with Crippen molar-refractivity contribution in [3.63, 3.8) is 0 Å². The SMILES string of the molecule is O=C(c1cccc(F)c1)c1c[nH]c(C(=O)NCc2ccncc2)c1. The zero-order valence-electron chi connectivity index (χ0n) is 12.6. The minimum absolute atomic E-state index is 0.234. The predicted molar refractivity (Wildman–Crippen MR) is 86.0 cm³/mol. The molecule has 0 fully saturated rings. The Morgan fingerprint density at radius 2 is 1.88 bits per heavy atom. The number of benzene rings is 1. The molecular formula is C18H14FN3O2. The molecule has 0 atom stereocenters. The minimum Gasteiger partial charge on any atom is -0.356 e. The second kappa shape index (κ2) is 6.87. The van der Waals surface area contributed by atoms with Gasteiger partial charge < -0.3 is 10.3 Å². The van der Waals surface area contributed by atoms with E-state index >= 15 is 0 Å². The molecule has 0 bridgehead atoms. The number of hydrogen-bond acceptors (Lipinski definition) is 3. The quantitative estimate of drug-likeness (QED) is 0.709. The van der Waals surface area contributed by atoms with Crippen molar-refractivity contribution in [1.29, 1.82) is 0 Å². The van der Waals surface area contributed by atoms with E-state index in [4.69, 9.17) is 0 Å². The lowest BCUT2D eigenvalue weighted by molar-refractivity contribution is 0.0946. The normalized spacial score (nSPS) is 10.4. The molecule has 0 spiro atoms. The Bertz CT molecular complexity index is 875. The van der Waals surface area contributed by atoms with E-state index in [1.165, 1.54) is 36.5 Å². The molecule has 1 amide bonds. The first kappa shape index (κ1) is 15.6. The molecule has 2 heterocycles. The lowest BCUT2D eigenvalue weighted by Gasteiger charge is -2.03. The molecule has 24 heavy (non-hydrogen) atoms. The number of rotatable bonds is 5. The van der Waals surface area contributed by atoms with Crippen LogP contribution in [-0.4, -0.2) is 21.7 Å². The van der Waals surface area contributed by atoms with Gasteiger partial charge in [-0.1, -0.05) is 12.1 Å². The summed E-state index contributed by atoms with van der Waals surface area (Å²) in [6, 6.07) is 10.5. The Kier molecular flexibility index (Phi) is 4.47. The van der Waals surface area contributed by atoms with E-state index in [9.17, 15) is 14.0 Å². The highest BCUT2D eigenvalue weighted by Crippen LogP contribution is 2.12. The number of carbonyl (C=O) groups excluding carboxylic acids is 2. The molecule has 3 aromatic rings. The molecule has 0 radical (unpaired) electrons. The summed E-state index contributed by atoms with van der Waals surface area (Å²) in [6.45, 7) is 0.355. The van der Waals surface area contributed by atoms with Gasteiger partial charge in [-0.25, -0.2) is 4.39 Å². The molecule has 0 unspecified atom stereocenters. The summed E-state index contributed by atoms with van der Waals surface area (Å²) < 4.78 is 13.2. The van der Waals surface area contributed by atoms with Crippen LogP contribution < -0.4 is 5.32 Å². The van der Waals surface area contributed by atoms with Crippen LogP contribution in [0.1, 0.15) is 32.0 Å². The lowest BCUT2D eigenvalue weighted by Crippen LogP contribution is -2.23. The van der Waals surface area contributed by atoms with Crippen molar-refractivity contribution < 1.29 is 14.0 Å². The van der Waals surface area contributed by atoms with E-state index in [0.29, 0.717) is 12.1 Å². The van der Waals surface area contributed by atoms with Gasteiger partial charge in [-0.15, -0.1) is 0 Å². The number of carbonyl (C=O) groups is 2. The van der Waals surface area contributed by atoms with Crippen LogP contribution in [0.25, 0.3) is 0 Å². The zero-order chi connectivity index (χ0) is 16.9. The second-order valence-corrected chi connectivity index (χ2v) is 5.18. The van der Waals surface area contributed by atoms with E-state index < -0.39 is 5.82 Å². The Balaban J connectivity index is 1.68. The summed E-state index contributed by atoms with van der Waals surface area (Å²) in [5, 5.41) is 2.75. The summed E-state index contributed by atoms with van der Waals surface area (Å²) in [6.07, 6.45) is 4.73. The first-order chi connectivity index (χ1) is 11.6. The van der Waals surface area contributed by atoms with Gasteiger partial charge in [0.1, 0.15) is 11.5 Å². The highest BCUT2D eigenvalue weighted by Gasteiger charge is 2.15. The number of hydrogen-bond donors (Lipinski definition) is 2. The van der Waals surface area contributed by atoms with Crippen LogP contribution >= 0.6 is 0 Å². The van der Waals surface area contributed by atoms with Crippen molar-refractivity contribution in [1.82, 2.24) is 15.3 Å². The molecule has 1 aromatic carbocycles. The highest BCUT2D eigenvalue weighted by atomic mass is 19.1. The van der Waals surface area contributed by atoms with Gasteiger partial charge in [-0.05, 0) is 35.9 Å². The van der Waals surface area contributed by atoms with Gasteiger partial charge >= 0.3 is 0 Å². The molecule has 0 aliphatic heterocycles. The first-order valence-electron chi connectivity index (χ1n) is 7.29. The van der Waals surface area contributed by atoms with Gasteiger partial charge in [0.25, 0.3) is 5.91 Å². The summed E-state index contributed by atoms with van der Waals surface area (Å²) >= 11 is 0. The number of amides is 1. The van der Waals surface area contributed by atoms with Gasteiger partial charge in [0.2, 0.25) is 0 Å². The number of halogens is 1. The fraction of sp³-hybridized carbons (Fsp3) is 0.0556. The molecular weight excluding hydrogens is 309 g/mol. The third-order valence-corrected chi connectivity index (χ3v) is 3.48.